The summed E-state index contributed by atoms with van der Waals surface area (Å²) in [6, 6.07) is 19.6. The van der Waals surface area contributed by atoms with E-state index >= 15 is 0 Å². The Kier molecular flexibility index (Phi) is 8.17. The molecule has 0 fully saturated rings. The van der Waals surface area contributed by atoms with Gasteiger partial charge in [0.25, 0.3) is 0 Å². The van der Waals surface area contributed by atoms with Gasteiger partial charge in [-0.2, -0.15) is 0 Å². The molecule has 0 aliphatic heterocycles. The van der Waals surface area contributed by atoms with Crippen molar-refractivity contribution in [3.8, 4) is 5.75 Å². The normalized spacial score (nSPS) is 19.9. The van der Waals surface area contributed by atoms with Crippen molar-refractivity contribution in [3.63, 3.8) is 0 Å². The lowest BCUT2D eigenvalue weighted by Gasteiger charge is -2.32. The highest BCUT2D eigenvalue weighted by Crippen LogP contribution is 2.53. The minimum atomic E-state index is -0.524. The SMILES string of the molecule is CCC(C)P(Oc1ccccc1C1=C(C)C(c2ccccc2)=C(C)CC1C)C(C)CC. The zero-order valence-electron chi connectivity index (χ0n) is 20.4. The van der Waals surface area contributed by atoms with Crippen molar-refractivity contribution in [2.75, 3.05) is 0 Å². The van der Waals surface area contributed by atoms with E-state index < -0.39 is 8.15 Å². The van der Waals surface area contributed by atoms with Crippen molar-refractivity contribution in [2.45, 2.75) is 79.0 Å². The Bertz CT molecular complexity index is 930. The monoisotopic (exact) mass is 434 g/mol. The van der Waals surface area contributed by atoms with Crippen LogP contribution in [-0.4, -0.2) is 11.3 Å². The molecule has 3 atom stereocenters. The van der Waals surface area contributed by atoms with Gasteiger partial charge in [-0.3, -0.25) is 0 Å². The highest BCUT2D eigenvalue weighted by molar-refractivity contribution is 7.54. The van der Waals surface area contributed by atoms with Crippen LogP contribution in [0.3, 0.4) is 0 Å². The summed E-state index contributed by atoms with van der Waals surface area (Å²) in [6.07, 6.45) is 3.42. The summed E-state index contributed by atoms with van der Waals surface area (Å²) in [5.74, 6) is 1.55. The molecule has 2 heteroatoms. The summed E-state index contributed by atoms with van der Waals surface area (Å²) < 4.78 is 6.88. The lowest BCUT2D eigenvalue weighted by Crippen LogP contribution is -2.15. The van der Waals surface area contributed by atoms with Crippen LogP contribution in [0.5, 0.6) is 5.75 Å². The van der Waals surface area contributed by atoms with E-state index in [4.69, 9.17) is 4.52 Å². The molecule has 0 saturated carbocycles. The van der Waals surface area contributed by atoms with Crippen LogP contribution in [-0.2, 0) is 0 Å². The topological polar surface area (TPSA) is 9.23 Å². The van der Waals surface area contributed by atoms with Crippen LogP contribution in [0.25, 0.3) is 11.1 Å². The number of rotatable bonds is 8. The first-order valence-corrected chi connectivity index (χ1v) is 13.3. The predicted molar refractivity (Wildman–Crippen MR) is 139 cm³/mol. The Morgan fingerprint density at radius 2 is 1.48 bits per heavy atom. The quantitative estimate of drug-likeness (QED) is 0.376. The molecule has 0 amide bonds. The van der Waals surface area contributed by atoms with Crippen molar-refractivity contribution < 1.29 is 4.52 Å². The van der Waals surface area contributed by atoms with Crippen molar-refractivity contribution in [1.82, 2.24) is 0 Å². The molecule has 3 unspecified atom stereocenters. The molecular weight excluding hydrogens is 395 g/mol. The number of hydrogen-bond donors (Lipinski definition) is 0. The van der Waals surface area contributed by atoms with Crippen LogP contribution < -0.4 is 4.52 Å². The van der Waals surface area contributed by atoms with Crippen LogP contribution in [0.2, 0.25) is 0 Å². The molecule has 3 rings (SSSR count). The minimum absolute atomic E-state index is 0.482. The summed E-state index contributed by atoms with van der Waals surface area (Å²) in [7, 11) is -0.524. The lowest BCUT2D eigenvalue weighted by molar-refractivity contribution is 0.574. The largest absolute Gasteiger partial charge is 0.473 e. The second-order valence-electron chi connectivity index (χ2n) is 9.13. The van der Waals surface area contributed by atoms with Gasteiger partial charge in [0.1, 0.15) is 5.75 Å². The first-order chi connectivity index (χ1) is 14.9. The first-order valence-electron chi connectivity index (χ1n) is 11.9. The van der Waals surface area contributed by atoms with E-state index in [0.717, 1.165) is 25.0 Å². The fourth-order valence-corrected chi connectivity index (χ4v) is 7.21. The van der Waals surface area contributed by atoms with Crippen molar-refractivity contribution in [3.05, 3.63) is 76.9 Å². The van der Waals surface area contributed by atoms with Crippen LogP contribution in [0.1, 0.15) is 78.9 Å². The molecule has 1 nitrogen and oxygen atoms in total. The van der Waals surface area contributed by atoms with Gasteiger partial charge in [-0.25, -0.2) is 0 Å². The zero-order chi connectivity index (χ0) is 22.5. The van der Waals surface area contributed by atoms with Gasteiger partial charge in [0.15, 0.2) is 0 Å². The molecule has 0 radical (unpaired) electrons. The van der Waals surface area contributed by atoms with E-state index in [2.05, 4.69) is 103 Å². The molecule has 0 spiro atoms. The third-order valence-corrected chi connectivity index (χ3v) is 9.68. The van der Waals surface area contributed by atoms with Crippen LogP contribution >= 0.6 is 8.15 Å². The number of benzene rings is 2. The van der Waals surface area contributed by atoms with Gasteiger partial charge in [0.05, 0.1) is 8.15 Å². The van der Waals surface area contributed by atoms with Gasteiger partial charge in [0, 0.05) is 16.9 Å². The maximum Gasteiger partial charge on any atom is 0.130 e. The van der Waals surface area contributed by atoms with Gasteiger partial charge in [-0.1, -0.05) is 88.7 Å². The van der Waals surface area contributed by atoms with Gasteiger partial charge in [0.2, 0.25) is 0 Å². The van der Waals surface area contributed by atoms with Gasteiger partial charge < -0.3 is 4.52 Å². The van der Waals surface area contributed by atoms with E-state index in [-0.39, 0.29) is 0 Å². The molecule has 0 bridgehead atoms. The Morgan fingerprint density at radius 1 is 0.903 bits per heavy atom. The molecule has 0 aromatic heterocycles. The van der Waals surface area contributed by atoms with E-state index in [9.17, 15) is 0 Å². The van der Waals surface area contributed by atoms with Crippen molar-refractivity contribution in [1.29, 1.82) is 0 Å². The number of allylic oxidation sites excluding steroid dienone is 4. The fraction of sp³-hybridized carbons (Fsp3) is 0.448. The smallest absolute Gasteiger partial charge is 0.130 e. The second kappa shape index (κ2) is 10.6. The fourth-order valence-electron chi connectivity index (χ4n) is 4.88. The maximum atomic E-state index is 6.88. The molecule has 2 aromatic carbocycles. The van der Waals surface area contributed by atoms with Crippen molar-refractivity contribution in [2.24, 2.45) is 5.92 Å². The third kappa shape index (κ3) is 5.15. The Labute approximate surface area is 191 Å². The lowest BCUT2D eigenvalue weighted by atomic mass is 9.75. The van der Waals surface area contributed by atoms with Gasteiger partial charge in [-0.15, -0.1) is 0 Å². The number of para-hydroxylation sites is 1. The molecule has 1 aliphatic rings. The average molecular weight is 435 g/mol. The second-order valence-corrected chi connectivity index (χ2v) is 11.8. The van der Waals surface area contributed by atoms with Gasteiger partial charge in [-0.05, 0) is 67.4 Å². The minimum Gasteiger partial charge on any atom is -0.473 e. The molecule has 0 heterocycles. The number of hydrogen-bond acceptors (Lipinski definition) is 1. The zero-order valence-corrected chi connectivity index (χ0v) is 21.3. The van der Waals surface area contributed by atoms with E-state index in [1.54, 1.807) is 0 Å². The van der Waals surface area contributed by atoms with Crippen LogP contribution in [0.4, 0.5) is 0 Å². The molecule has 0 saturated heterocycles. The summed E-state index contributed by atoms with van der Waals surface area (Å²) in [5.41, 5.74) is 9.54. The average Bonchev–Trinajstić information content (AvgIpc) is 2.77. The van der Waals surface area contributed by atoms with E-state index in [1.165, 1.54) is 33.4 Å². The summed E-state index contributed by atoms with van der Waals surface area (Å²) in [5, 5.41) is 0. The van der Waals surface area contributed by atoms with Crippen LogP contribution in [0, 0.1) is 5.92 Å². The predicted octanol–water partition coefficient (Wildman–Crippen LogP) is 9.35. The Hall–Kier alpha value is -1.85. The van der Waals surface area contributed by atoms with E-state index in [1.807, 2.05) is 0 Å². The molecule has 0 N–H and O–H groups in total. The summed E-state index contributed by atoms with van der Waals surface area (Å²) in [6.45, 7) is 16.3. The maximum absolute atomic E-state index is 6.88. The first kappa shape index (κ1) is 23.8. The van der Waals surface area contributed by atoms with Crippen molar-refractivity contribution >= 4 is 19.3 Å². The third-order valence-electron chi connectivity index (χ3n) is 6.80. The Morgan fingerprint density at radius 3 is 2.10 bits per heavy atom. The molecule has 1 aliphatic carbocycles. The molecule has 2 aromatic rings. The summed E-state index contributed by atoms with van der Waals surface area (Å²) in [4.78, 5) is 0. The standard InChI is InChI=1S/C29H39OP/c1-8-22(5)31(23(6)9-2)30-27-18-14-13-17-26(27)29-21(4)19-20(3)28(24(29)7)25-15-11-10-12-16-25/h10-18,21-23H,8-9,19H2,1-7H3. The van der Waals surface area contributed by atoms with Crippen LogP contribution in [0.15, 0.2) is 65.7 Å². The summed E-state index contributed by atoms with van der Waals surface area (Å²) >= 11 is 0. The van der Waals surface area contributed by atoms with E-state index in [0.29, 0.717) is 17.2 Å². The molecule has 31 heavy (non-hydrogen) atoms. The molecular formula is C29H39OP. The molecule has 166 valence electrons. The highest BCUT2D eigenvalue weighted by atomic mass is 31.1. The Balaban J connectivity index is 2.09. The van der Waals surface area contributed by atoms with Gasteiger partial charge >= 0.3 is 0 Å². The highest BCUT2D eigenvalue weighted by Gasteiger charge is 2.29.